The van der Waals surface area contributed by atoms with E-state index < -0.39 is 0 Å². The zero-order valence-electron chi connectivity index (χ0n) is 14.5. The minimum Gasteiger partial charge on any atom is -0.299 e. The Labute approximate surface area is 152 Å². The molecule has 0 amide bonds. The van der Waals surface area contributed by atoms with Crippen molar-refractivity contribution in [2.24, 2.45) is 5.92 Å². The molecule has 1 saturated heterocycles. The molecule has 0 saturated carbocycles. The largest absolute Gasteiger partial charge is 0.299 e. The van der Waals surface area contributed by atoms with Gasteiger partial charge in [0.15, 0.2) is 5.82 Å². The van der Waals surface area contributed by atoms with Crippen molar-refractivity contribution >= 4 is 0 Å². The van der Waals surface area contributed by atoms with Gasteiger partial charge in [0, 0.05) is 37.5 Å². The highest BCUT2D eigenvalue weighted by Crippen LogP contribution is 2.23. The normalized spacial score (nSPS) is 17.3. The first-order chi connectivity index (χ1) is 12.8. The van der Waals surface area contributed by atoms with Gasteiger partial charge >= 0.3 is 0 Å². The van der Waals surface area contributed by atoms with Crippen LogP contribution in [0.3, 0.4) is 0 Å². The fourth-order valence-corrected chi connectivity index (χ4v) is 3.52. The van der Waals surface area contributed by atoms with Gasteiger partial charge in [0.25, 0.3) is 0 Å². The van der Waals surface area contributed by atoms with Crippen molar-refractivity contribution in [3.63, 3.8) is 0 Å². The van der Waals surface area contributed by atoms with Gasteiger partial charge in [0.2, 0.25) is 0 Å². The van der Waals surface area contributed by atoms with E-state index in [1.54, 1.807) is 12.4 Å². The van der Waals surface area contributed by atoms with Crippen molar-refractivity contribution in [1.29, 1.82) is 5.26 Å². The Morgan fingerprint density at radius 1 is 1.19 bits per heavy atom. The molecule has 130 valence electrons. The highest BCUT2D eigenvalue weighted by atomic mass is 15.2. The standard InChI is InChI=1S/C20H20N6/c21-12-17-3-1-2-4-18(17)14-26-10-7-15(13-26)11-19-23-20(25-24-19)16-5-8-22-9-6-16/h1-6,8-9,15H,7,10-11,13-14H2,(H,23,24,25). The maximum Gasteiger partial charge on any atom is 0.181 e. The molecule has 6 nitrogen and oxygen atoms in total. The summed E-state index contributed by atoms with van der Waals surface area (Å²) in [5, 5.41) is 16.6. The molecule has 1 N–H and O–H groups in total. The first-order valence-corrected chi connectivity index (χ1v) is 8.84. The van der Waals surface area contributed by atoms with E-state index in [0.717, 1.165) is 60.8 Å². The number of nitriles is 1. The SMILES string of the molecule is N#Cc1ccccc1CN1CCC(Cc2nc(-c3ccncc3)n[nH]2)C1. The van der Waals surface area contributed by atoms with Crippen molar-refractivity contribution in [3.05, 3.63) is 65.7 Å². The average Bonchev–Trinajstić information content (AvgIpc) is 3.33. The van der Waals surface area contributed by atoms with Crippen LogP contribution >= 0.6 is 0 Å². The number of aromatic amines is 1. The number of benzene rings is 1. The second kappa shape index (κ2) is 7.46. The van der Waals surface area contributed by atoms with Gasteiger partial charge in [-0.1, -0.05) is 18.2 Å². The van der Waals surface area contributed by atoms with E-state index in [4.69, 9.17) is 0 Å². The van der Waals surface area contributed by atoms with Gasteiger partial charge in [0.1, 0.15) is 5.82 Å². The topological polar surface area (TPSA) is 81.5 Å². The molecule has 1 atom stereocenters. The Hall–Kier alpha value is -3.04. The van der Waals surface area contributed by atoms with Gasteiger partial charge in [-0.25, -0.2) is 4.98 Å². The van der Waals surface area contributed by atoms with Crippen LogP contribution in [0.25, 0.3) is 11.4 Å². The first kappa shape index (κ1) is 16.4. The van der Waals surface area contributed by atoms with E-state index in [9.17, 15) is 5.26 Å². The van der Waals surface area contributed by atoms with Crippen molar-refractivity contribution in [2.45, 2.75) is 19.4 Å². The van der Waals surface area contributed by atoms with Crippen molar-refractivity contribution < 1.29 is 0 Å². The van der Waals surface area contributed by atoms with Crippen LogP contribution in [0.15, 0.2) is 48.8 Å². The zero-order chi connectivity index (χ0) is 17.8. The van der Waals surface area contributed by atoms with Crippen molar-refractivity contribution in [3.8, 4) is 17.5 Å². The predicted molar refractivity (Wildman–Crippen MR) is 97.9 cm³/mol. The number of hydrogen-bond acceptors (Lipinski definition) is 5. The van der Waals surface area contributed by atoms with Gasteiger partial charge in [-0.2, -0.15) is 10.4 Å². The molecule has 0 radical (unpaired) electrons. The lowest BCUT2D eigenvalue weighted by Crippen LogP contribution is -2.21. The molecule has 1 aromatic carbocycles. The second-order valence-electron chi connectivity index (χ2n) is 6.70. The summed E-state index contributed by atoms with van der Waals surface area (Å²) < 4.78 is 0. The smallest absolute Gasteiger partial charge is 0.181 e. The molecule has 3 aromatic rings. The van der Waals surface area contributed by atoms with Gasteiger partial charge < -0.3 is 0 Å². The minimum absolute atomic E-state index is 0.558. The van der Waals surface area contributed by atoms with Gasteiger partial charge in [-0.15, -0.1) is 0 Å². The number of nitrogens with one attached hydrogen (secondary N) is 1. The van der Waals surface area contributed by atoms with E-state index in [1.807, 2.05) is 36.4 Å². The lowest BCUT2D eigenvalue weighted by molar-refractivity contribution is 0.315. The van der Waals surface area contributed by atoms with Gasteiger partial charge in [-0.05, 0) is 42.6 Å². The molecule has 3 heterocycles. The summed E-state index contributed by atoms with van der Waals surface area (Å²) in [7, 11) is 0. The molecule has 0 bridgehead atoms. The summed E-state index contributed by atoms with van der Waals surface area (Å²) >= 11 is 0. The van der Waals surface area contributed by atoms with Crippen molar-refractivity contribution in [1.82, 2.24) is 25.1 Å². The predicted octanol–water partition coefficient (Wildman–Crippen LogP) is 2.80. The van der Waals surface area contributed by atoms with Crippen LogP contribution < -0.4 is 0 Å². The zero-order valence-corrected chi connectivity index (χ0v) is 14.5. The monoisotopic (exact) mass is 344 g/mol. The highest BCUT2D eigenvalue weighted by molar-refractivity contribution is 5.52. The number of H-pyrrole nitrogens is 1. The Morgan fingerprint density at radius 2 is 2.04 bits per heavy atom. The van der Waals surface area contributed by atoms with Crippen LogP contribution in [-0.4, -0.2) is 38.2 Å². The van der Waals surface area contributed by atoms with E-state index in [1.165, 1.54) is 0 Å². The van der Waals surface area contributed by atoms with E-state index in [-0.39, 0.29) is 0 Å². The molecule has 1 aliphatic heterocycles. The van der Waals surface area contributed by atoms with Crippen LogP contribution in [0.5, 0.6) is 0 Å². The van der Waals surface area contributed by atoms with Crippen molar-refractivity contribution in [2.75, 3.05) is 13.1 Å². The molecule has 1 aliphatic rings. The molecule has 0 spiro atoms. The number of aromatic nitrogens is 4. The molecular formula is C20H20N6. The summed E-state index contributed by atoms with van der Waals surface area (Å²) in [6, 6.07) is 14.0. The van der Waals surface area contributed by atoms with Crippen LogP contribution in [0.1, 0.15) is 23.4 Å². The lowest BCUT2D eigenvalue weighted by atomic mass is 10.0. The van der Waals surface area contributed by atoms with Crippen LogP contribution in [0, 0.1) is 17.2 Å². The quantitative estimate of drug-likeness (QED) is 0.770. The number of likely N-dealkylation sites (tertiary alicyclic amines) is 1. The Morgan fingerprint density at radius 3 is 2.88 bits per heavy atom. The highest BCUT2D eigenvalue weighted by Gasteiger charge is 2.24. The summed E-state index contributed by atoms with van der Waals surface area (Å²) in [6.45, 7) is 2.90. The summed E-state index contributed by atoms with van der Waals surface area (Å²) in [5.41, 5.74) is 2.85. The molecule has 2 aromatic heterocycles. The third-order valence-corrected chi connectivity index (χ3v) is 4.85. The molecule has 0 aliphatic carbocycles. The molecule has 1 fully saturated rings. The van der Waals surface area contributed by atoms with Gasteiger partial charge in [0.05, 0.1) is 11.6 Å². The Kier molecular flexibility index (Phi) is 4.71. The number of rotatable bonds is 5. The summed E-state index contributed by atoms with van der Waals surface area (Å²) in [4.78, 5) is 11.1. The fraction of sp³-hybridized carbons (Fsp3) is 0.300. The molecule has 4 rings (SSSR count). The average molecular weight is 344 g/mol. The Bertz CT molecular complexity index is 911. The third kappa shape index (κ3) is 3.63. The maximum atomic E-state index is 9.24. The molecule has 1 unspecified atom stereocenters. The van der Waals surface area contributed by atoms with E-state index in [2.05, 4.69) is 31.1 Å². The van der Waals surface area contributed by atoms with E-state index >= 15 is 0 Å². The van der Waals surface area contributed by atoms with Crippen LogP contribution in [0.2, 0.25) is 0 Å². The molecule has 6 heteroatoms. The molecule has 26 heavy (non-hydrogen) atoms. The fourth-order valence-electron chi connectivity index (χ4n) is 3.52. The minimum atomic E-state index is 0.558. The summed E-state index contributed by atoms with van der Waals surface area (Å²) in [6.07, 6.45) is 5.53. The first-order valence-electron chi connectivity index (χ1n) is 8.84. The van der Waals surface area contributed by atoms with Gasteiger partial charge in [-0.3, -0.25) is 15.0 Å². The second-order valence-corrected chi connectivity index (χ2v) is 6.70. The molecular weight excluding hydrogens is 324 g/mol. The van der Waals surface area contributed by atoms with Crippen LogP contribution in [-0.2, 0) is 13.0 Å². The Balaban J connectivity index is 1.36. The number of nitrogens with zero attached hydrogens (tertiary/aromatic N) is 5. The third-order valence-electron chi connectivity index (χ3n) is 4.85. The number of pyridine rings is 1. The lowest BCUT2D eigenvalue weighted by Gasteiger charge is -2.16. The van der Waals surface area contributed by atoms with Crippen LogP contribution in [0.4, 0.5) is 0 Å². The number of hydrogen-bond donors (Lipinski definition) is 1. The maximum absolute atomic E-state index is 9.24. The van der Waals surface area contributed by atoms with E-state index in [0.29, 0.717) is 5.92 Å². The summed E-state index contributed by atoms with van der Waals surface area (Å²) in [5.74, 6) is 2.21.